The van der Waals surface area contributed by atoms with Crippen molar-refractivity contribution in [1.29, 1.82) is 0 Å². The summed E-state index contributed by atoms with van der Waals surface area (Å²) in [4.78, 5) is 0.310. The molecule has 0 bridgehead atoms. The van der Waals surface area contributed by atoms with Gasteiger partial charge in [-0.1, -0.05) is 126 Å². The molecule has 0 aromatic heterocycles. The zero-order chi connectivity index (χ0) is 30.1. The predicted molar refractivity (Wildman–Crippen MR) is 173 cm³/mol. The fraction of sp³-hybridized carbons (Fsp3) is 0.500. The molecule has 0 saturated heterocycles. The molecular weight excluding hydrogens is 510 g/mol. The highest BCUT2D eigenvalue weighted by Gasteiger charge is 2.36. The number of rotatable bonds is 10. The first kappa shape index (κ1) is 31.9. The van der Waals surface area contributed by atoms with Crippen LogP contribution in [0, 0.1) is 0 Å². The summed E-state index contributed by atoms with van der Waals surface area (Å²) in [6.45, 7) is 26.2. The number of sulfonamides is 1. The van der Waals surface area contributed by atoms with Gasteiger partial charge in [-0.05, 0) is 81.0 Å². The van der Waals surface area contributed by atoms with Crippen LogP contribution in [0.2, 0.25) is 0 Å². The summed E-state index contributed by atoms with van der Waals surface area (Å²) >= 11 is 0. The van der Waals surface area contributed by atoms with E-state index in [2.05, 4.69) is 107 Å². The molecule has 0 aliphatic heterocycles. The Balaban J connectivity index is 2.67. The Kier molecular flexibility index (Phi) is 9.99. The topological polar surface area (TPSA) is 37.4 Å². The lowest BCUT2D eigenvalue weighted by Crippen LogP contribution is -2.31. The molecular formula is C36H51NO2S. The van der Waals surface area contributed by atoms with E-state index in [0.29, 0.717) is 16.7 Å². The number of benzene rings is 3. The molecule has 0 aliphatic carbocycles. The first-order valence-electron chi connectivity index (χ1n) is 15.0. The molecule has 40 heavy (non-hydrogen) atoms. The lowest BCUT2D eigenvalue weighted by Gasteiger charge is -2.36. The highest BCUT2D eigenvalue weighted by Crippen LogP contribution is 2.49. The van der Waals surface area contributed by atoms with Crippen LogP contribution in [-0.4, -0.2) is 8.42 Å². The number of hydrogen-bond acceptors (Lipinski definition) is 2. The first-order valence-corrected chi connectivity index (χ1v) is 16.5. The lowest BCUT2D eigenvalue weighted by molar-refractivity contribution is 0.595. The van der Waals surface area contributed by atoms with Crippen molar-refractivity contribution in [2.45, 2.75) is 123 Å². The zero-order valence-electron chi connectivity index (χ0n) is 26.8. The lowest BCUT2D eigenvalue weighted by atomic mass is 9.85. The Hall–Kier alpha value is -2.59. The van der Waals surface area contributed by atoms with Crippen LogP contribution in [-0.2, 0) is 10.0 Å². The molecule has 3 rings (SSSR count). The molecule has 0 spiro atoms. The Morgan fingerprint density at radius 3 is 1.02 bits per heavy atom. The monoisotopic (exact) mass is 561 g/mol. The summed E-state index contributed by atoms with van der Waals surface area (Å²) in [5.41, 5.74) is 8.43. The minimum atomic E-state index is -3.96. The normalized spacial score (nSPS) is 12.6. The molecule has 0 aliphatic rings. The fourth-order valence-electron chi connectivity index (χ4n) is 5.35. The minimum absolute atomic E-state index is 0.139. The van der Waals surface area contributed by atoms with Gasteiger partial charge in [-0.2, -0.15) is 0 Å². The Morgan fingerprint density at radius 2 is 0.775 bits per heavy atom. The van der Waals surface area contributed by atoms with E-state index in [9.17, 15) is 8.42 Å². The summed E-state index contributed by atoms with van der Waals surface area (Å²) in [5, 5.41) is 0. The average Bonchev–Trinajstić information content (AvgIpc) is 2.88. The third kappa shape index (κ3) is 6.33. The van der Waals surface area contributed by atoms with Crippen LogP contribution in [0.15, 0.2) is 59.5 Å². The van der Waals surface area contributed by atoms with Gasteiger partial charge in [-0.15, -0.1) is 0 Å². The predicted octanol–water partition coefficient (Wildman–Crippen LogP) is 11.0. The van der Waals surface area contributed by atoms with Gasteiger partial charge in [-0.3, -0.25) is 0 Å². The molecule has 4 heteroatoms. The van der Waals surface area contributed by atoms with E-state index in [1.54, 1.807) is 16.4 Å². The van der Waals surface area contributed by atoms with Crippen molar-refractivity contribution >= 4 is 21.4 Å². The smallest absolute Gasteiger partial charge is 0.233 e. The second kappa shape index (κ2) is 12.5. The Morgan fingerprint density at radius 1 is 0.475 bits per heavy atom. The maximum absolute atomic E-state index is 15.0. The molecule has 0 atom stereocenters. The third-order valence-corrected chi connectivity index (χ3v) is 9.61. The van der Waals surface area contributed by atoms with Gasteiger partial charge < -0.3 is 0 Å². The van der Waals surface area contributed by atoms with E-state index < -0.39 is 10.0 Å². The van der Waals surface area contributed by atoms with E-state index in [-0.39, 0.29) is 23.7 Å². The Bertz CT molecular complexity index is 1280. The van der Waals surface area contributed by atoms with Crippen molar-refractivity contribution in [2.24, 2.45) is 0 Å². The van der Waals surface area contributed by atoms with Crippen LogP contribution in [0.5, 0.6) is 0 Å². The summed E-state index contributed by atoms with van der Waals surface area (Å²) in [7, 11) is -3.96. The number of nitrogens with zero attached hydrogens (tertiary/aromatic N) is 1. The Labute approximate surface area is 245 Å². The SMILES string of the molecule is CC(C)c1cc(C(C)C)c(N(c2c(C(C)C)cc(C(C)C)cc2C(C)C)S(=O)(=O)c2ccccc2)c(C(C)C)c1. The van der Waals surface area contributed by atoms with Crippen molar-refractivity contribution in [2.75, 3.05) is 4.31 Å². The van der Waals surface area contributed by atoms with Crippen LogP contribution >= 0.6 is 0 Å². The highest BCUT2D eigenvalue weighted by atomic mass is 32.2. The maximum atomic E-state index is 15.0. The number of anilines is 2. The van der Waals surface area contributed by atoms with E-state index >= 15 is 0 Å². The second-order valence-electron chi connectivity index (χ2n) is 13.1. The molecule has 3 aromatic carbocycles. The standard InChI is InChI=1S/C36H51NO2S/c1-22(2)28-18-31(24(5)6)35(32(19-28)25(7)8)37(40(38,39)30-16-14-13-15-17-30)36-33(26(9)10)20-29(23(3)4)21-34(36)27(11)12/h13-27H,1-12H3. The van der Waals surface area contributed by atoms with Gasteiger partial charge in [0.05, 0.1) is 16.3 Å². The molecule has 0 fully saturated rings. The van der Waals surface area contributed by atoms with Crippen LogP contribution in [0.4, 0.5) is 11.4 Å². The van der Waals surface area contributed by atoms with E-state index in [1.807, 2.05) is 18.2 Å². The number of hydrogen-bond donors (Lipinski definition) is 0. The van der Waals surface area contributed by atoms with Crippen molar-refractivity contribution in [3.63, 3.8) is 0 Å². The van der Waals surface area contributed by atoms with Crippen molar-refractivity contribution in [1.82, 2.24) is 0 Å². The van der Waals surface area contributed by atoms with E-state index in [4.69, 9.17) is 0 Å². The summed E-state index contributed by atoms with van der Waals surface area (Å²) < 4.78 is 31.7. The molecule has 0 radical (unpaired) electrons. The molecule has 0 unspecified atom stereocenters. The molecule has 0 heterocycles. The summed E-state index contributed by atoms with van der Waals surface area (Å²) in [6, 6.07) is 17.9. The molecule has 218 valence electrons. The second-order valence-corrected chi connectivity index (χ2v) is 14.9. The van der Waals surface area contributed by atoms with E-state index in [1.165, 1.54) is 11.1 Å². The molecule has 0 N–H and O–H groups in total. The zero-order valence-corrected chi connectivity index (χ0v) is 27.6. The van der Waals surface area contributed by atoms with Crippen molar-refractivity contribution in [3.8, 4) is 0 Å². The van der Waals surface area contributed by atoms with Gasteiger partial charge in [0, 0.05) is 0 Å². The van der Waals surface area contributed by atoms with Crippen LogP contribution < -0.4 is 4.31 Å². The van der Waals surface area contributed by atoms with Crippen LogP contribution in [0.1, 0.15) is 152 Å². The molecule has 0 saturated carbocycles. The molecule has 0 amide bonds. The van der Waals surface area contributed by atoms with Crippen molar-refractivity contribution in [3.05, 3.63) is 88.0 Å². The van der Waals surface area contributed by atoms with Gasteiger partial charge in [0.1, 0.15) is 0 Å². The third-order valence-electron chi connectivity index (χ3n) is 7.89. The van der Waals surface area contributed by atoms with Gasteiger partial charge in [-0.25, -0.2) is 12.7 Å². The van der Waals surface area contributed by atoms with Crippen molar-refractivity contribution < 1.29 is 8.42 Å². The highest BCUT2D eigenvalue weighted by molar-refractivity contribution is 7.93. The fourth-order valence-corrected chi connectivity index (χ4v) is 6.97. The van der Waals surface area contributed by atoms with Gasteiger partial charge in [0.2, 0.25) is 0 Å². The quantitative estimate of drug-likeness (QED) is 0.247. The summed E-state index contributed by atoms with van der Waals surface area (Å²) in [5.74, 6) is 1.23. The van der Waals surface area contributed by atoms with Gasteiger partial charge >= 0.3 is 0 Å². The minimum Gasteiger partial charge on any atom is -0.233 e. The van der Waals surface area contributed by atoms with Gasteiger partial charge in [0.25, 0.3) is 10.0 Å². The van der Waals surface area contributed by atoms with Crippen LogP contribution in [0.3, 0.4) is 0 Å². The molecule has 3 nitrogen and oxygen atoms in total. The molecule has 3 aromatic rings. The first-order chi connectivity index (χ1) is 18.6. The maximum Gasteiger partial charge on any atom is 0.268 e. The van der Waals surface area contributed by atoms with E-state index in [0.717, 1.165) is 33.6 Å². The largest absolute Gasteiger partial charge is 0.268 e. The van der Waals surface area contributed by atoms with Crippen LogP contribution in [0.25, 0.3) is 0 Å². The average molecular weight is 562 g/mol. The summed E-state index contributed by atoms with van der Waals surface area (Å²) in [6.07, 6.45) is 0. The van der Waals surface area contributed by atoms with Gasteiger partial charge in [0.15, 0.2) is 0 Å².